The number of thiophene rings is 1. The highest BCUT2D eigenvalue weighted by Crippen LogP contribution is 2.31. The normalized spacial score (nSPS) is 13.3. The minimum Gasteiger partial charge on any atom is -0.466 e. The van der Waals surface area contributed by atoms with Crippen LogP contribution in [-0.4, -0.2) is 47.5 Å². The lowest BCUT2D eigenvalue weighted by Crippen LogP contribution is -2.44. The Morgan fingerprint density at radius 1 is 1.14 bits per heavy atom. The molecule has 0 aliphatic heterocycles. The Hall–Kier alpha value is -3.15. The molecule has 3 N–H and O–H groups in total. The third kappa shape index (κ3) is 11.3. The molecule has 2 heterocycles. The molecule has 10 nitrogen and oxygen atoms in total. The van der Waals surface area contributed by atoms with Crippen LogP contribution in [0, 0.1) is 5.92 Å². The van der Waals surface area contributed by atoms with E-state index in [0.717, 1.165) is 37.0 Å². The fourth-order valence-corrected chi connectivity index (χ4v) is 5.88. The Bertz CT molecular complexity index is 1330. The first-order valence-electron chi connectivity index (χ1n) is 13.8. The van der Waals surface area contributed by atoms with E-state index in [9.17, 15) is 24.0 Å². The average Bonchev–Trinajstić information content (AvgIpc) is 3.29. The monoisotopic (exact) mass is 640 g/mol. The van der Waals surface area contributed by atoms with Crippen molar-refractivity contribution >= 4 is 63.9 Å². The molecule has 3 amide bonds. The van der Waals surface area contributed by atoms with Gasteiger partial charge in [-0.3, -0.25) is 19.2 Å². The quantitative estimate of drug-likeness (QED) is 0.171. The van der Waals surface area contributed by atoms with E-state index in [2.05, 4.69) is 34.5 Å². The van der Waals surface area contributed by atoms with Crippen LogP contribution < -0.4 is 21.5 Å². The van der Waals surface area contributed by atoms with Gasteiger partial charge in [-0.1, -0.05) is 62.4 Å². The van der Waals surface area contributed by atoms with Gasteiger partial charge in [-0.25, -0.2) is 4.79 Å². The summed E-state index contributed by atoms with van der Waals surface area (Å²) in [5, 5.41) is 8.12. The summed E-state index contributed by atoms with van der Waals surface area (Å²) in [4.78, 5) is 63.3. The zero-order chi connectivity index (χ0) is 31.2. The number of nitrogens with zero attached hydrogens (tertiary/aromatic N) is 1. The lowest BCUT2D eigenvalue weighted by Gasteiger charge is -2.21. The molecule has 230 valence electrons. The molecule has 0 saturated carbocycles. The number of amides is 3. The zero-order valence-electron chi connectivity index (χ0n) is 24.2. The molecular formula is C29H38Cl2N4O6S. The topological polar surface area (TPSA) is 136 Å². The zero-order valence-corrected chi connectivity index (χ0v) is 26.5. The summed E-state index contributed by atoms with van der Waals surface area (Å²) in [6, 6.07) is 3.21. The summed E-state index contributed by atoms with van der Waals surface area (Å²) < 4.78 is 6.24. The van der Waals surface area contributed by atoms with E-state index in [-0.39, 0.29) is 46.9 Å². The third-order valence-electron chi connectivity index (χ3n) is 6.56. The third-order valence-corrected chi connectivity index (χ3v) is 8.05. The lowest BCUT2D eigenvalue weighted by molar-refractivity contribution is -0.134. The number of rotatable bonds is 16. The molecule has 13 heteroatoms. The molecule has 0 aromatic carbocycles. The predicted octanol–water partition coefficient (Wildman–Crippen LogP) is 5.18. The van der Waals surface area contributed by atoms with Crippen LogP contribution in [0.15, 0.2) is 41.3 Å². The van der Waals surface area contributed by atoms with Gasteiger partial charge in [-0.05, 0) is 50.3 Å². The van der Waals surface area contributed by atoms with E-state index < -0.39 is 29.4 Å². The summed E-state index contributed by atoms with van der Waals surface area (Å²) in [7, 11) is 1.24. The summed E-state index contributed by atoms with van der Waals surface area (Å²) in [6.07, 6.45) is 8.57. The van der Waals surface area contributed by atoms with E-state index in [0.29, 0.717) is 10.3 Å². The van der Waals surface area contributed by atoms with Crippen molar-refractivity contribution < 1.29 is 23.9 Å². The van der Waals surface area contributed by atoms with Gasteiger partial charge in [-0.2, -0.15) is 0 Å². The largest absolute Gasteiger partial charge is 0.466 e. The first-order chi connectivity index (χ1) is 20.0. The first kappa shape index (κ1) is 35.0. The molecular weight excluding hydrogens is 603 g/mol. The second kappa shape index (κ2) is 17.7. The van der Waals surface area contributed by atoms with Crippen LogP contribution in [0.4, 0.5) is 5.69 Å². The highest BCUT2D eigenvalue weighted by atomic mass is 35.5. The molecule has 2 rings (SSSR count). The van der Waals surface area contributed by atoms with E-state index in [4.69, 9.17) is 23.2 Å². The maximum Gasteiger partial charge on any atom is 0.330 e. The number of carbonyl (C=O) groups excluding carboxylic acids is 4. The number of pyridine rings is 1. The Balaban J connectivity index is 2.14. The Kier molecular flexibility index (Phi) is 14.8. The van der Waals surface area contributed by atoms with E-state index in [1.165, 1.54) is 42.2 Å². The summed E-state index contributed by atoms with van der Waals surface area (Å²) >= 11 is 13.1. The number of carbonyl (C=O) groups is 4. The Labute approximate surface area is 259 Å². The van der Waals surface area contributed by atoms with Crippen molar-refractivity contribution in [2.45, 2.75) is 77.9 Å². The van der Waals surface area contributed by atoms with Gasteiger partial charge in [0.05, 0.1) is 17.0 Å². The van der Waals surface area contributed by atoms with Crippen molar-refractivity contribution in [3.05, 3.63) is 61.1 Å². The maximum atomic E-state index is 13.2. The van der Waals surface area contributed by atoms with Crippen LogP contribution in [0.25, 0.3) is 0 Å². The standard InChI is InChI=1S/C29H38Cl2N4O6S/c1-5-10-19(6-2)15-18(3)32-24(36)17-35-14-9-12-22(29(35)40)34-28(39)21(11-7-8-13-25(37)41-4)33-27(38)20-16-23(30)42-26(20)31/h8-9,12-14,16,18-19,21H,5-7,10-11,15,17H2,1-4H3,(H,32,36)(H,33,38)(H,34,39)/b13-8+/t18?,19?,21-/m0/s1. The second-order valence-corrected chi connectivity index (χ2v) is 12.2. The van der Waals surface area contributed by atoms with Crippen LogP contribution >= 0.6 is 34.5 Å². The molecule has 0 bridgehead atoms. The molecule has 0 aliphatic carbocycles. The lowest BCUT2D eigenvalue weighted by atomic mass is 9.93. The van der Waals surface area contributed by atoms with Gasteiger partial charge in [0.1, 0.15) is 22.6 Å². The SMILES string of the molecule is CCCC(CC)CC(C)NC(=O)Cn1cccc(NC(=O)[C@H](CC/C=C/C(=O)OC)NC(=O)c2cc(Cl)sc2Cl)c1=O. The van der Waals surface area contributed by atoms with Gasteiger partial charge in [0, 0.05) is 18.3 Å². The highest BCUT2D eigenvalue weighted by molar-refractivity contribution is 7.20. The van der Waals surface area contributed by atoms with Gasteiger partial charge >= 0.3 is 5.97 Å². The fourth-order valence-electron chi connectivity index (χ4n) is 4.42. The Morgan fingerprint density at radius 3 is 2.50 bits per heavy atom. The molecule has 2 aromatic heterocycles. The smallest absolute Gasteiger partial charge is 0.330 e. The molecule has 0 spiro atoms. The van der Waals surface area contributed by atoms with Crippen molar-refractivity contribution in [2.75, 3.05) is 12.4 Å². The van der Waals surface area contributed by atoms with Crippen LogP contribution in [0.5, 0.6) is 0 Å². The number of allylic oxidation sites excluding steroid dienone is 1. The molecule has 0 saturated heterocycles. The van der Waals surface area contributed by atoms with Gasteiger partial charge in [0.2, 0.25) is 11.8 Å². The summed E-state index contributed by atoms with van der Waals surface area (Å²) in [5.74, 6) is -1.64. The minimum atomic E-state index is -1.10. The van der Waals surface area contributed by atoms with E-state index >= 15 is 0 Å². The molecule has 0 aliphatic rings. The number of anilines is 1. The number of halogens is 2. The van der Waals surface area contributed by atoms with Gasteiger partial charge in [0.15, 0.2) is 0 Å². The van der Waals surface area contributed by atoms with Gasteiger partial charge < -0.3 is 25.3 Å². The van der Waals surface area contributed by atoms with Crippen molar-refractivity contribution in [2.24, 2.45) is 5.92 Å². The predicted molar refractivity (Wildman–Crippen MR) is 166 cm³/mol. The number of aromatic nitrogens is 1. The second-order valence-electron chi connectivity index (χ2n) is 9.88. The molecule has 0 radical (unpaired) electrons. The number of hydrogen-bond acceptors (Lipinski definition) is 7. The van der Waals surface area contributed by atoms with Crippen molar-refractivity contribution in [3.63, 3.8) is 0 Å². The van der Waals surface area contributed by atoms with E-state index in [1.54, 1.807) is 6.07 Å². The number of methoxy groups -OCH3 is 1. The highest BCUT2D eigenvalue weighted by Gasteiger charge is 2.24. The van der Waals surface area contributed by atoms with Crippen LogP contribution in [0.2, 0.25) is 8.67 Å². The van der Waals surface area contributed by atoms with Gasteiger partial charge in [-0.15, -0.1) is 11.3 Å². The van der Waals surface area contributed by atoms with Crippen molar-refractivity contribution in [1.82, 2.24) is 15.2 Å². The van der Waals surface area contributed by atoms with Gasteiger partial charge in [0.25, 0.3) is 11.5 Å². The van der Waals surface area contributed by atoms with E-state index in [1.807, 2.05) is 6.92 Å². The van der Waals surface area contributed by atoms with Crippen molar-refractivity contribution in [1.29, 1.82) is 0 Å². The van der Waals surface area contributed by atoms with Crippen LogP contribution in [-0.2, 0) is 25.7 Å². The molecule has 2 unspecified atom stereocenters. The summed E-state index contributed by atoms with van der Waals surface area (Å²) in [6.45, 7) is 6.00. The minimum absolute atomic E-state index is 0.0446. The molecule has 2 aromatic rings. The number of hydrogen-bond donors (Lipinski definition) is 3. The van der Waals surface area contributed by atoms with Crippen LogP contribution in [0.1, 0.15) is 69.7 Å². The number of ether oxygens (including phenoxy) is 1. The molecule has 42 heavy (non-hydrogen) atoms. The summed E-state index contributed by atoms with van der Waals surface area (Å²) in [5.41, 5.74) is -0.524. The maximum absolute atomic E-state index is 13.2. The molecule has 3 atom stereocenters. The Morgan fingerprint density at radius 2 is 1.88 bits per heavy atom. The van der Waals surface area contributed by atoms with Crippen LogP contribution in [0.3, 0.4) is 0 Å². The average molecular weight is 642 g/mol. The fraction of sp³-hybridized carbons (Fsp3) is 0.483. The van der Waals surface area contributed by atoms with Crippen molar-refractivity contribution in [3.8, 4) is 0 Å². The number of esters is 1. The first-order valence-corrected chi connectivity index (χ1v) is 15.4. The molecule has 0 fully saturated rings. The number of nitrogens with one attached hydrogen (secondary N) is 3.